The van der Waals surface area contributed by atoms with Crippen LogP contribution < -0.4 is 4.90 Å². The molecule has 1 heterocycles. The number of aliphatic hydroxyl groups excluding tert-OH is 1. The summed E-state index contributed by atoms with van der Waals surface area (Å²) in [5, 5.41) is 9.54. The van der Waals surface area contributed by atoms with Gasteiger partial charge in [-0.25, -0.2) is 4.79 Å². The predicted molar refractivity (Wildman–Crippen MR) is 60.7 cm³/mol. The third-order valence-corrected chi connectivity index (χ3v) is 2.75. The molecule has 2 rings (SSSR count). The molecule has 1 amide bonds. The molecular formula is C12H13NO4. The summed E-state index contributed by atoms with van der Waals surface area (Å²) in [6, 6.07) is 4.89. The highest BCUT2D eigenvalue weighted by Crippen LogP contribution is 2.31. The first kappa shape index (κ1) is 11.6. The summed E-state index contributed by atoms with van der Waals surface area (Å²) >= 11 is 0. The van der Waals surface area contributed by atoms with Gasteiger partial charge in [-0.2, -0.15) is 0 Å². The van der Waals surface area contributed by atoms with Gasteiger partial charge >= 0.3 is 5.97 Å². The van der Waals surface area contributed by atoms with Crippen molar-refractivity contribution in [2.45, 2.75) is 19.6 Å². The molecule has 1 atom stereocenters. The molecule has 1 aliphatic heterocycles. The van der Waals surface area contributed by atoms with E-state index < -0.39 is 12.2 Å². The van der Waals surface area contributed by atoms with Gasteiger partial charge in [0.15, 0.2) is 0 Å². The Morgan fingerprint density at radius 3 is 2.82 bits per heavy atom. The van der Waals surface area contributed by atoms with E-state index >= 15 is 0 Å². The summed E-state index contributed by atoms with van der Waals surface area (Å²) in [5.74, 6) is -0.630. The van der Waals surface area contributed by atoms with E-state index in [4.69, 9.17) is 0 Å². The highest BCUT2D eigenvalue weighted by Gasteiger charge is 2.30. The first-order valence-corrected chi connectivity index (χ1v) is 5.26. The van der Waals surface area contributed by atoms with E-state index in [1.165, 1.54) is 18.9 Å². The fourth-order valence-electron chi connectivity index (χ4n) is 1.97. The van der Waals surface area contributed by atoms with Crippen molar-refractivity contribution in [3.05, 3.63) is 29.3 Å². The van der Waals surface area contributed by atoms with Crippen molar-refractivity contribution >= 4 is 17.6 Å². The van der Waals surface area contributed by atoms with Crippen molar-refractivity contribution < 1.29 is 19.4 Å². The summed E-state index contributed by atoms with van der Waals surface area (Å²) in [5.41, 5.74) is 1.75. The number of carbonyl (C=O) groups excluding carboxylic acids is 2. The number of ether oxygens (including phenoxy) is 1. The zero-order chi connectivity index (χ0) is 12.6. The zero-order valence-corrected chi connectivity index (χ0v) is 9.64. The van der Waals surface area contributed by atoms with Gasteiger partial charge < -0.3 is 9.84 Å². The summed E-state index contributed by atoms with van der Waals surface area (Å²) in [7, 11) is 1.30. The van der Waals surface area contributed by atoms with E-state index in [9.17, 15) is 14.7 Å². The molecule has 0 aromatic heterocycles. The van der Waals surface area contributed by atoms with Gasteiger partial charge in [0.25, 0.3) is 0 Å². The second-order valence-corrected chi connectivity index (χ2v) is 3.91. The molecule has 5 nitrogen and oxygen atoms in total. The number of nitrogens with zero attached hydrogens (tertiary/aromatic N) is 1. The van der Waals surface area contributed by atoms with Crippen LogP contribution in [0.1, 0.15) is 22.8 Å². The van der Waals surface area contributed by atoms with Crippen LogP contribution in [0.3, 0.4) is 0 Å². The normalized spacial score (nSPS) is 15.7. The number of benzene rings is 1. The Labute approximate surface area is 98.6 Å². The predicted octanol–water partition coefficient (Wildman–Crippen LogP) is 0.701. The van der Waals surface area contributed by atoms with Gasteiger partial charge in [-0.1, -0.05) is 6.07 Å². The van der Waals surface area contributed by atoms with Gasteiger partial charge in [-0.3, -0.25) is 9.69 Å². The standard InChI is InChI=1S/C12H13NO4/c1-7(14)13-10-5-9(12(16)17-2)4-3-8(10)6-11(13)15/h3-5,7,14H,6H2,1-2H3. The van der Waals surface area contributed by atoms with E-state index in [1.54, 1.807) is 18.2 Å². The Hall–Kier alpha value is -1.88. The molecule has 0 bridgehead atoms. The molecule has 90 valence electrons. The lowest BCUT2D eigenvalue weighted by molar-refractivity contribution is -0.118. The van der Waals surface area contributed by atoms with Crippen LogP contribution in [-0.2, 0) is 16.0 Å². The summed E-state index contributed by atoms with van der Waals surface area (Å²) < 4.78 is 4.61. The summed E-state index contributed by atoms with van der Waals surface area (Å²) in [6.45, 7) is 1.51. The van der Waals surface area contributed by atoms with E-state index in [2.05, 4.69) is 4.74 Å². The molecule has 1 unspecified atom stereocenters. The molecule has 0 spiro atoms. The van der Waals surface area contributed by atoms with Gasteiger partial charge in [-0.15, -0.1) is 0 Å². The fourth-order valence-corrected chi connectivity index (χ4v) is 1.97. The van der Waals surface area contributed by atoms with E-state index in [0.29, 0.717) is 11.3 Å². The number of hydrogen-bond donors (Lipinski definition) is 1. The highest BCUT2D eigenvalue weighted by molar-refractivity contribution is 6.03. The topological polar surface area (TPSA) is 66.8 Å². The van der Waals surface area contributed by atoms with E-state index in [1.807, 2.05) is 0 Å². The lowest BCUT2D eigenvalue weighted by atomic mass is 10.1. The Balaban J connectivity index is 2.45. The van der Waals surface area contributed by atoms with Crippen LogP contribution in [0.4, 0.5) is 5.69 Å². The Bertz CT molecular complexity index is 481. The molecule has 0 fully saturated rings. The molecular weight excluding hydrogens is 222 g/mol. The molecule has 0 aliphatic carbocycles. The molecule has 1 aliphatic rings. The Morgan fingerprint density at radius 1 is 1.53 bits per heavy atom. The summed E-state index contributed by atoms with van der Waals surface area (Å²) in [6.07, 6.45) is -0.654. The SMILES string of the molecule is COC(=O)c1ccc2c(c1)N(C(C)O)C(=O)C2. The number of aliphatic hydroxyl groups is 1. The van der Waals surface area contributed by atoms with Crippen molar-refractivity contribution in [1.82, 2.24) is 0 Å². The Kier molecular flexibility index (Phi) is 2.85. The molecule has 17 heavy (non-hydrogen) atoms. The highest BCUT2D eigenvalue weighted by atomic mass is 16.5. The third-order valence-electron chi connectivity index (χ3n) is 2.75. The molecule has 1 N–H and O–H groups in total. The molecule has 1 aromatic rings. The van der Waals surface area contributed by atoms with E-state index in [0.717, 1.165) is 5.56 Å². The van der Waals surface area contributed by atoms with Crippen LogP contribution in [0.25, 0.3) is 0 Å². The fraction of sp³-hybridized carbons (Fsp3) is 0.333. The second-order valence-electron chi connectivity index (χ2n) is 3.91. The first-order valence-electron chi connectivity index (χ1n) is 5.26. The van der Waals surface area contributed by atoms with Crippen LogP contribution in [0.15, 0.2) is 18.2 Å². The smallest absolute Gasteiger partial charge is 0.337 e. The second kappa shape index (κ2) is 4.18. The minimum atomic E-state index is -0.906. The van der Waals surface area contributed by atoms with Crippen LogP contribution in [-0.4, -0.2) is 30.3 Å². The molecule has 0 radical (unpaired) electrons. The number of rotatable bonds is 2. The third kappa shape index (κ3) is 1.89. The van der Waals surface area contributed by atoms with Crippen LogP contribution in [0.5, 0.6) is 0 Å². The molecule has 0 saturated heterocycles. The largest absolute Gasteiger partial charge is 0.465 e. The van der Waals surface area contributed by atoms with Gasteiger partial charge in [0.05, 0.1) is 24.8 Å². The van der Waals surface area contributed by atoms with Crippen molar-refractivity contribution in [2.24, 2.45) is 0 Å². The number of methoxy groups -OCH3 is 1. The maximum atomic E-state index is 11.7. The number of hydrogen-bond acceptors (Lipinski definition) is 4. The maximum absolute atomic E-state index is 11.7. The van der Waals surface area contributed by atoms with Crippen LogP contribution in [0.2, 0.25) is 0 Å². The van der Waals surface area contributed by atoms with Crippen molar-refractivity contribution in [3.63, 3.8) is 0 Å². The van der Waals surface area contributed by atoms with Crippen LogP contribution in [0, 0.1) is 0 Å². The van der Waals surface area contributed by atoms with E-state index in [-0.39, 0.29) is 12.3 Å². The Morgan fingerprint density at radius 2 is 2.24 bits per heavy atom. The van der Waals surface area contributed by atoms with Crippen molar-refractivity contribution in [1.29, 1.82) is 0 Å². The van der Waals surface area contributed by atoms with Gasteiger partial charge in [0.2, 0.25) is 5.91 Å². The lowest BCUT2D eigenvalue weighted by Crippen LogP contribution is -2.35. The monoisotopic (exact) mass is 235 g/mol. The van der Waals surface area contributed by atoms with Gasteiger partial charge in [-0.05, 0) is 24.6 Å². The number of fused-ring (bicyclic) bond motifs is 1. The molecule has 0 saturated carbocycles. The molecule has 1 aromatic carbocycles. The number of carbonyl (C=O) groups is 2. The van der Waals surface area contributed by atoms with Gasteiger partial charge in [0, 0.05) is 0 Å². The number of anilines is 1. The van der Waals surface area contributed by atoms with Crippen LogP contribution >= 0.6 is 0 Å². The average molecular weight is 235 g/mol. The number of esters is 1. The van der Waals surface area contributed by atoms with Crippen molar-refractivity contribution in [3.8, 4) is 0 Å². The first-order chi connectivity index (χ1) is 8.04. The quantitative estimate of drug-likeness (QED) is 0.766. The minimum Gasteiger partial charge on any atom is -0.465 e. The maximum Gasteiger partial charge on any atom is 0.337 e. The van der Waals surface area contributed by atoms with Crippen molar-refractivity contribution in [2.75, 3.05) is 12.0 Å². The molecule has 5 heteroatoms. The average Bonchev–Trinajstić information content (AvgIpc) is 2.62. The lowest BCUT2D eigenvalue weighted by Gasteiger charge is -2.20. The summed E-state index contributed by atoms with van der Waals surface area (Å²) in [4.78, 5) is 24.3. The number of amides is 1. The van der Waals surface area contributed by atoms with Gasteiger partial charge in [0.1, 0.15) is 6.23 Å². The minimum absolute atomic E-state index is 0.169. The zero-order valence-electron chi connectivity index (χ0n) is 9.64.